The lowest BCUT2D eigenvalue weighted by molar-refractivity contribution is 0.163. The molecule has 0 amide bonds. The second-order valence-electron chi connectivity index (χ2n) is 3.47. The molecule has 0 saturated heterocycles. The van der Waals surface area contributed by atoms with Gasteiger partial charge in [0.25, 0.3) is 0 Å². The highest BCUT2D eigenvalue weighted by atomic mass is 28.3. The molecule has 0 unspecified atom stereocenters. The Kier molecular flexibility index (Phi) is 44.4. The van der Waals surface area contributed by atoms with Crippen LogP contribution < -0.4 is 5.32 Å². The largest absolute Gasteiger partial charge is 0.483 e. The van der Waals surface area contributed by atoms with Crippen LogP contribution >= 0.6 is 0 Å². The van der Waals surface area contributed by atoms with Crippen LogP contribution in [0.25, 0.3) is 0 Å². The molecule has 0 aliphatic heterocycles. The minimum absolute atomic E-state index is 0.486. The smallest absolute Gasteiger partial charge is 0.427 e. The lowest BCUT2D eigenvalue weighted by Crippen LogP contribution is -2.21. The van der Waals surface area contributed by atoms with Gasteiger partial charge in [0.1, 0.15) is 0 Å². The Labute approximate surface area is 121 Å². The third kappa shape index (κ3) is 56.8. The van der Waals surface area contributed by atoms with E-state index in [0.717, 1.165) is 6.42 Å². The van der Waals surface area contributed by atoms with Gasteiger partial charge in [0.15, 0.2) is 0 Å². The quantitative estimate of drug-likeness (QED) is 0.651. The van der Waals surface area contributed by atoms with Crippen LogP contribution in [0.2, 0.25) is 6.32 Å². The predicted octanol–water partition coefficient (Wildman–Crippen LogP) is 0.764. The molecule has 0 aliphatic carbocycles. The van der Waals surface area contributed by atoms with E-state index in [-0.39, 0.29) is 0 Å². The molecule has 0 radical (unpaired) electrons. The fourth-order valence-corrected chi connectivity index (χ4v) is 1.12. The van der Waals surface area contributed by atoms with Crippen molar-refractivity contribution in [1.29, 1.82) is 0 Å². The van der Waals surface area contributed by atoms with Crippen molar-refractivity contribution in [2.45, 2.75) is 39.9 Å². The van der Waals surface area contributed by atoms with Crippen molar-refractivity contribution in [2.75, 3.05) is 35.4 Å². The molecule has 120 valence electrons. The topological polar surface area (TPSA) is 80.2 Å². The third-order valence-corrected chi connectivity index (χ3v) is 2.28. The van der Waals surface area contributed by atoms with E-state index in [1.54, 1.807) is 21.3 Å². The van der Waals surface area contributed by atoms with Gasteiger partial charge in [-0.15, -0.1) is 0 Å². The molecule has 0 rings (SSSR count). The minimum Gasteiger partial charge on any atom is -0.427 e. The number of nitrogens with one attached hydrogen (secondary N) is 1. The van der Waals surface area contributed by atoms with Gasteiger partial charge in [0.05, 0.1) is 0 Å². The molecule has 0 aliphatic rings. The summed E-state index contributed by atoms with van der Waals surface area (Å²) < 4.78 is 14.2. The summed E-state index contributed by atoms with van der Waals surface area (Å²) in [6.07, 6.45) is 2.57. The highest BCUT2D eigenvalue weighted by molar-refractivity contribution is 6.40. The molecule has 0 aromatic heterocycles. The van der Waals surface area contributed by atoms with Crippen molar-refractivity contribution in [2.24, 2.45) is 0 Å². The van der Waals surface area contributed by atoms with E-state index in [1.807, 2.05) is 21.0 Å². The maximum absolute atomic E-state index is 8.11. The van der Waals surface area contributed by atoms with Crippen molar-refractivity contribution >= 4 is 16.6 Å². The lowest BCUT2D eigenvalue weighted by atomic mass is 9.85. The SMILES string of the molecule is CCC.CCCB(O)O.CNC.CO[SiH](OC)OC. The predicted molar refractivity (Wildman–Crippen MR) is 84.4 cm³/mol. The molecule has 0 aromatic rings. The monoisotopic (exact) mass is 299 g/mol. The average molecular weight is 299 g/mol. The second kappa shape index (κ2) is 30.8. The molecule has 0 heterocycles. The molecule has 8 heteroatoms. The Bertz CT molecular complexity index is 114. The van der Waals surface area contributed by atoms with Crippen molar-refractivity contribution in [3.8, 4) is 0 Å². The second-order valence-corrected chi connectivity index (χ2v) is 5.46. The average Bonchev–Trinajstić information content (AvgIpc) is 2.34. The molecule has 0 bridgehead atoms. The summed E-state index contributed by atoms with van der Waals surface area (Å²) in [5, 5.41) is 19.0. The van der Waals surface area contributed by atoms with E-state index in [1.165, 1.54) is 6.42 Å². The maximum Gasteiger partial charge on any atom is 0.483 e. The van der Waals surface area contributed by atoms with Crippen molar-refractivity contribution in [3.63, 3.8) is 0 Å². The molecular formula is C11H34BNO5Si. The lowest BCUT2D eigenvalue weighted by Gasteiger charge is -2.05. The molecule has 0 saturated carbocycles. The molecule has 0 atom stereocenters. The van der Waals surface area contributed by atoms with Gasteiger partial charge in [0.2, 0.25) is 0 Å². The number of hydrogen-bond acceptors (Lipinski definition) is 6. The molecule has 0 spiro atoms. The standard InChI is InChI=1S/C3H9BO2.C3H10O3Si.C3H8.C2H7N/c1-2-3-4(5)6;1-4-7(5-2)6-3;2*1-3-2/h5-6H,2-3H2,1H3;7H,1-3H3;3H2,1-2H3;3H,1-2H3. The summed E-state index contributed by atoms with van der Waals surface area (Å²) in [4.78, 5) is 0. The Morgan fingerprint density at radius 1 is 0.947 bits per heavy atom. The van der Waals surface area contributed by atoms with Crippen LogP contribution in [0, 0.1) is 0 Å². The zero-order valence-electron chi connectivity index (χ0n) is 13.9. The summed E-state index contributed by atoms with van der Waals surface area (Å²) in [7, 11) is 5.70. The first-order chi connectivity index (χ1) is 8.94. The van der Waals surface area contributed by atoms with Gasteiger partial charge < -0.3 is 28.6 Å². The molecule has 0 aromatic carbocycles. The summed E-state index contributed by atoms with van der Waals surface area (Å²) in [6, 6.07) is 0. The first kappa shape index (κ1) is 27.4. The van der Waals surface area contributed by atoms with E-state index in [4.69, 9.17) is 23.3 Å². The molecular weight excluding hydrogens is 265 g/mol. The van der Waals surface area contributed by atoms with Crippen LogP contribution in [-0.4, -0.2) is 62.1 Å². The van der Waals surface area contributed by atoms with Gasteiger partial charge in [0, 0.05) is 21.3 Å². The van der Waals surface area contributed by atoms with Crippen molar-refractivity contribution < 1.29 is 23.3 Å². The van der Waals surface area contributed by atoms with Crippen LogP contribution in [0.4, 0.5) is 0 Å². The Hall–Kier alpha value is 0.0418. The van der Waals surface area contributed by atoms with E-state index >= 15 is 0 Å². The van der Waals surface area contributed by atoms with E-state index < -0.39 is 16.6 Å². The van der Waals surface area contributed by atoms with E-state index in [2.05, 4.69) is 19.2 Å². The van der Waals surface area contributed by atoms with Gasteiger partial charge in [-0.05, 0) is 20.4 Å². The van der Waals surface area contributed by atoms with Gasteiger partial charge >= 0.3 is 16.6 Å². The summed E-state index contributed by atoms with van der Waals surface area (Å²) in [5.74, 6) is 0. The van der Waals surface area contributed by atoms with Gasteiger partial charge in [-0.2, -0.15) is 0 Å². The van der Waals surface area contributed by atoms with Crippen molar-refractivity contribution in [1.82, 2.24) is 5.32 Å². The maximum atomic E-state index is 8.11. The number of rotatable bonds is 5. The molecule has 3 N–H and O–H groups in total. The zero-order chi connectivity index (χ0) is 16.1. The first-order valence-corrected chi connectivity index (χ1v) is 7.89. The zero-order valence-corrected chi connectivity index (χ0v) is 15.0. The normalized spacial score (nSPS) is 8.37. The fourth-order valence-electron chi connectivity index (χ4n) is 0.547. The highest BCUT2D eigenvalue weighted by Gasteiger charge is 2.04. The first-order valence-electron chi connectivity index (χ1n) is 6.48. The van der Waals surface area contributed by atoms with Crippen LogP contribution in [0.5, 0.6) is 0 Å². The van der Waals surface area contributed by atoms with Crippen LogP contribution in [0.3, 0.4) is 0 Å². The summed E-state index contributed by atoms with van der Waals surface area (Å²) in [5.41, 5.74) is 0. The van der Waals surface area contributed by atoms with E-state index in [0.29, 0.717) is 6.32 Å². The van der Waals surface area contributed by atoms with Gasteiger partial charge in [-0.1, -0.05) is 33.6 Å². The van der Waals surface area contributed by atoms with Gasteiger partial charge in [-0.25, -0.2) is 0 Å². The Morgan fingerprint density at radius 3 is 1.21 bits per heavy atom. The number of hydrogen-bond donors (Lipinski definition) is 3. The molecule has 0 fully saturated rings. The Balaban J connectivity index is -0.0000000851. The molecule has 6 nitrogen and oxygen atoms in total. The molecule has 19 heavy (non-hydrogen) atoms. The fraction of sp³-hybridized carbons (Fsp3) is 1.00. The van der Waals surface area contributed by atoms with Crippen molar-refractivity contribution in [3.05, 3.63) is 0 Å². The van der Waals surface area contributed by atoms with Crippen LogP contribution in [-0.2, 0) is 13.3 Å². The van der Waals surface area contributed by atoms with E-state index in [9.17, 15) is 0 Å². The summed E-state index contributed by atoms with van der Waals surface area (Å²) in [6.45, 7) is 6.15. The Morgan fingerprint density at radius 2 is 1.21 bits per heavy atom. The van der Waals surface area contributed by atoms with Gasteiger partial charge in [-0.3, -0.25) is 0 Å². The summed E-state index contributed by atoms with van der Waals surface area (Å²) >= 11 is 0. The minimum atomic E-state index is -1.67. The van der Waals surface area contributed by atoms with Crippen LogP contribution in [0.1, 0.15) is 33.6 Å². The third-order valence-electron chi connectivity index (χ3n) is 1.12. The highest BCUT2D eigenvalue weighted by Crippen LogP contribution is 1.86. The van der Waals surface area contributed by atoms with Crippen LogP contribution in [0.15, 0.2) is 0 Å².